The molecule has 0 radical (unpaired) electrons. The molecule has 2 aromatic heterocycles. The maximum absolute atomic E-state index is 12.5. The molecule has 0 atom stereocenters. The SMILES string of the molecule is Cc1occc1C(=O)N1CCN(c2ncc(C(N)=O)cc2Cl)CC1. The fourth-order valence-electron chi connectivity index (χ4n) is 2.70. The van der Waals surface area contributed by atoms with E-state index in [0.717, 1.165) is 0 Å². The van der Waals surface area contributed by atoms with Gasteiger partial charge >= 0.3 is 0 Å². The van der Waals surface area contributed by atoms with Crippen LogP contribution in [0.1, 0.15) is 26.5 Å². The van der Waals surface area contributed by atoms with E-state index in [2.05, 4.69) is 4.98 Å². The van der Waals surface area contributed by atoms with Crippen molar-refractivity contribution < 1.29 is 14.0 Å². The van der Waals surface area contributed by atoms with Crippen molar-refractivity contribution in [1.82, 2.24) is 9.88 Å². The molecule has 24 heavy (non-hydrogen) atoms. The molecular formula is C16H17ClN4O3. The standard InChI is InChI=1S/C16H17ClN4O3/c1-10-12(2-7-24-10)16(23)21-5-3-20(4-6-21)15-13(17)8-11(9-19-15)14(18)22/h2,7-9H,3-6H2,1H3,(H2,18,22). The number of rotatable bonds is 3. The largest absolute Gasteiger partial charge is 0.469 e. The number of hydrogen-bond donors (Lipinski definition) is 1. The number of piperazine rings is 1. The highest BCUT2D eigenvalue weighted by molar-refractivity contribution is 6.33. The van der Waals surface area contributed by atoms with E-state index in [1.54, 1.807) is 17.9 Å². The molecule has 0 aliphatic carbocycles. The highest BCUT2D eigenvalue weighted by atomic mass is 35.5. The first-order valence-electron chi connectivity index (χ1n) is 7.51. The van der Waals surface area contributed by atoms with Crippen LogP contribution in [0.25, 0.3) is 0 Å². The Morgan fingerprint density at radius 2 is 2.00 bits per heavy atom. The number of carbonyl (C=O) groups excluding carboxylic acids is 2. The summed E-state index contributed by atoms with van der Waals surface area (Å²) in [4.78, 5) is 31.6. The van der Waals surface area contributed by atoms with Gasteiger partial charge in [0, 0.05) is 32.4 Å². The zero-order valence-corrected chi connectivity index (χ0v) is 13.9. The van der Waals surface area contributed by atoms with Crippen LogP contribution in [0.2, 0.25) is 5.02 Å². The Hall–Kier alpha value is -2.54. The predicted octanol–water partition coefficient (Wildman–Crippen LogP) is 1.70. The van der Waals surface area contributed by atoms with Gasteiger partial charge in [0.05, 0.1) is 22.4 Å². The van der Waals surface area contributed by atoms with E-state index in [0.29, 0.717) is 48.3 Å². The van der Waals surface area contributed by atoms with Crippen LogP contribution < -0.4 is 10.6 Å². The van der Waals surface area contributed by atoms with Gasteiger partial charge in [-0.2, -0.15) is 0 Å². The van der Waals surface area contributed by atoms with E-state index >= 15 is 0 Å². The van der Waals surface area contributed by atoms with Crippen molar-refractivity contribution in [3.8, 4) is 0 Å². The molecule has 3 heterocycles. The van der Waals surface area contributed by atoms with Crippen LogP contribution in [-0.2, 0) is 0 Å². The second-order valence-electron chi connectivity index (χ2n) is 5.56. The van der Waals surface area contributed by atoms with Gasteiger partial charge in [0.15, 0.2) is 0 Å². The van der Waals surface area contributed by atoms with E-state index in [1.165, 1.54) is 18.5 Å². The third kappa shape index (κ3) is 3.07. The van der Waals surface area contributed by atoms with Gasteiger partial charge in [-0.05, 0) is 19.1 Å². The van der Waals surface area contributed by atoms with Crippen LogP contribution >= 0.6 is 11.6 Å². The number of hydrogen-bond acceptors (Lipinski definition) is 5. The molecule has 7 nitrogen and oxygen atoms in total. The predicted molar refractivity (Wildman–Crippen MR) is 89.3 cm³/mol. The summed E-state index contributed by atoms with van der Waals surface area (Å²) in [7, 11) is 0. The van der Waals surface area contributed by atoms with Gasteiger partial charge in [-0.1, -0.05) is 11.6 Å². The van der Waals surface area contributed by atoms with Crippen LogP contribution in [0.4, 0.5) is 5.82 Å². The lowest BCUT2D eigenvalue weighted by atomic mass is 10.2. The van der Waals surface area contributed by atoms with Crippen molar-refractivity contribution >= 4 is 29.2 Å². The van der Waals surface area contributed by atoms with Gasteiger partial charge in [-0.15, -0.1) is 0 Å². The Kier molecular flexibility index (Phi) is 4.44. The first-order chi connectivity index (χ1) is 11.5. The lowest BCUT2D eigenvalue weighted by molar-refractivity contribution is 0.0744. The normalized spacial score (nSPS) is 14.8. The second kappa shape index (κ2) is 6.52. The summed E-state index contributed by atoms with van der Waals surface area (Å²) in [6.07, 6.45) is 2.93. The van der Waals surface area contributed by atoms with Crippen LogP contribution in [0.3, 0.4) is 0 Å². The van der Waals surface area contributed by atoms with E-state index in [4.69, 9.17) is 21.8 Å². The molecule has 3 rings (SSSR count). The molecule has 1 aliphatic rings. The van der Waals surface area contributed by atoms with E-state index in [-0.39, 0.29) is 11.5 Å². The topological polar surface area (TPSA) is 92.7 Å². The molecule has 0 saturated carbocycles. The summed E-state index contributed by atoms with van der Waals surface area (Å²) in [6, 6.07) is 3.20. The number of furan rings is 1. The number of nitrogens with zero attached hydrogens (tertiary/aromatic N) is 3. The highest BCUT2D eigenvalue weighted by Gasteiger charge is 2.25. The fourth-order valence-corrected chi connectivity index (χ4v) is 2.98. The molecule has 0 unspecified atom stereocenters. The zero-order valence-electron chi connectivity index (χ0n) is 13.2. The number of nitrogens with two attached hydrogens (primary N) is 1. The minimum absolute atomic E-state index is 0.0379. The summed E-state index contributed by atoms with van der Waals surface area (Å²) in [5, 5.41) is 0.372. The Morgan fingerprint density at radius 1 is 1.29 bits per heavy atom. The van der Waals surface area contributed by atoms with Crippen LogP contribution in [0.15, 0.2) is 29.0 Å². The average molecular weight is 349 g/mol. The lowest BCUT2D eigenvalue weighted by Gasteiger charge is -2.35. The Labute approximate surface area is 144 Å². The van der Waals surface area contributed by atoms with E-state index < -0.39 is 5.91 Å². The molecule has 8 heteroatoms. The zero-order chi connectivity index (χ0) is 17.3. The quantitative estimate of drug-likeness (QED) is 0.911. The van der Waals surface area contributed by atoms with Gasteiger partial charge in [-0.25, -0.2) is 4.98 Å². The number of carbonyl (C=O) groups is 2. The maximum Gasteiger partial charge on any atom is 0.257 e. The van der Waals surface area contributed by atoms with Crippen LogP contribution in [0, 0.1) is 6.92 Å². The molecular weight excluding hydrogens is 332 g/mol. The van der Waals surface area contributed by atoms with Crippen molar-refractivity contribution in [3.63, 3.8) is 0 Å². The van der Waals surface area contributed by atoms with Gasteiger partial charge in [-0.3, -0.25) is 9.59 Å². The number of aryl methyl sites for hydroxylation is 1. The summed E-state index contributed by atoms with van der Waals surface area (Å²) in [5.74, 6) is 0.605. The van der Waals surface area contributed by atoms with Crippen molar-refractivity contribution in [2.24, 2.45) is 5.73 Å². The van der Waals surface area contributed by atoms with E-state index in [1.807, 2.05) is 4.90 Å². The molecule has 2 N–H and O–H groups in total. The molecule has 1 fully saturated rings. The van der Waals surface area contributed by atoms with Crippen LogP contribution in [0.5, 0.6) is 0 Å². The first-order valence-corrected chi connectivity index (χ1v) is 7.89. The first kappa shape index (κ1) is 16.3. The average Bonchev–Trinajstić information content (AvgIpc) is 3.00. The summed E-state index contributed by atoms with van der Waals surface area (Å²) in [6.45, 7) is 4.09. The molecule has 1 saturated heterocycles. The number of halogens is 1. The molecule has 2 amide bonds. The van der Waals surface area contributed by atoms with Crippen molar-refractivity contribution in [2.45, 2.75) is 6.92 Å². The smallest absolute Gasteiger partial charge is 0.257 e. The van der Waals surface area contributed by atoms with Gasteiger partial charge in [0.2, 0.25) is 5.91 Å². The minimum Gasteiger partial charge on any atom is -0.469 e. The monoisotopic (exact) mass is 348 g/mol. The summed E-state index contributed by atoms with van der Waals surface area (Å²) < 4.78 is 5.19. The lowest BCUT2D eigenvalue weighted by Crippen LogP contribution is -2.49. The number of aromatic nitrogens is 1. The van der Waals surface area contributed by atoms with Crippen LogP contribution in [-0.4, -0.2) is 47.9 Å². The van der Waals surface area contributed by atoms with Gasteiger partial charge < -0.3 is 20.0 Å². The molecule has 0 spiro atoms. The summed E-state index contributed by atoms with van der Waals surface area (Å²) in [5.41, 5.74) is 6.08. The van der Waals surface area contributed by atoms with Gasteiger partial charge in [0.25, 0.3) is 5.91 Å². The second-order valence-corrected chi connectivity index (χ2v) is 5.97. The highest BCUT2D eigenvalue weighted by Crippen LogP contribution is 2.25. The molecule has 1 aliphatic heterocycles. The van der Waals surface area contributed by atoms with Crippen molar-refractivity contribution in [1.29, 1.82) is 0 Å². The number of amides is 2. The molecule has 0 bridgehead atoms. The van der Waals surface area contributed by atoms with Gasteiger partial charge in [0.1, 0.15) is 11.6 Å². The number of primary amides is 1. The molecule has 0 aromatic carbocycles. The fraction of sp³-hybridized carbons (Fsp3) is 0.312. The Bertz CT molecular complexity index is 781. The molecule has 126 valence electrons. The summed E-state index contributed by atoms with van der Waals surface area (Å²) >= 11 is 6.20. The Morgan fingerprint density at radius 3 is 2.54 bits per heavy atom. The van der Waals surface area contributed by atoms with E-state index in [9.17, 15) is 9.59 Å². The maximum atomic E-state index is 12.5. The third-order valence-corrected chi connectivity index (χ3v) is 4.34. The third-order valence-electron chi connectivity index (χ3n) is 4.06. The molecule has 2 aromatic rings. The van der Waals surface area contributed by atoms with Crippen molar-refractivity contribution in [3.05, 3.63) is 46.5 Å². The van der Waals surface area contributed by atoms with Crippen molar-refractivity contribution in [2.75, 3.05) is 31.1 Å². The number of pyridine rings is 1. The number of anilines is 1. The minimum atomic E-state index is -0.568. The Balaban J connectivity index is 1.68.